The molecule has 1 aliphatic heterocycles. The number of amides is 2. The monoisotopic (exact) mass is 388 g/mol. The molecule has 7 nitrogen and oxygen atoms in total. The Labute approximate surface area is 165 Å². The molecule has 1 unspecified atom stereocenters. The van der Waals surface area contributed by atoms with Gasteiger partial charge in [-0.25, -0.2) is 4.79 Å². The largest absolute Gasteiger partial charge is 0.478 e. The average Bonchev–Trinajstić information content (AvgIpc) is 3.04. The van der Waals surface area contributed by atoms with Crippen LogP contribution in [0, 0.1) is 11.8 Å². The molecule has 1 aromatic rings. The van der Waals surface area contributed by atoms with E-state index in [1.54, 1.807) is 6.07 Å². The number of methoxy groups -OCH3 is 1. The van der Waals surface area contributed by atoms with Gasteiger partial charge in [0.15, 0.2) is 0 Å². The van der Waals surface area contributed by atoms with E-state index in [0.717, 1.165) is 25.7 Å². The first kappa shape index (κ1) is 20.3. The number of carbonyl (C=O) groups is 3. The number of hydrogen-bond donors (Lipinski definition) is 2. The van der Waals surface area contributed by atoms with E-state index >= 15 is 0 Å². The highest BCUT2D eigenvalue weighted by Crippen LogP contribution is 2.31. The number of nitrogens with one attached hydrogen (secondary N) is 1. The summed E-state index contributed by atoms with van der Waals surface area (Å²) in [5, 5.41) is 12.1. The molecule has 0 bridgehead atoms. The van der Waals surface area contributed by atoms with Crippen LogP contribution >= 0.6 is 0 Å². The van der Waals surface area contributed by atoms with Crippen LogP contribution in [0.5, 0.6) is 0 Å². The first-order chi connectivity index (χ1) is 13.4. The van der Waals surface area contributed by atoms with Gasteiger partial charge in [0.05, 0.1) is 18.1 Å². The van der Waals surface area contributed by atoms with Crippen LogP contribution in [0.15, 0.2) is 18.2 Å². The number of carbonyl (C=O) groups excluding carboxylic acids is 2. The molecule has 0 spiro atoms. The predicted molar refractivity (Wildman–Crippen MR) is 104 cm³/mol. The highest BCUT2D eigenvalue weighted by atomic mass is 16.5. The molecule has 2 fully saturated rings. The lowest BCUT2D eigenvalue weighted by molar-refractivity contribution is -0.130. The van der Waals surface area contributed by atoms with E-state index in [-0.39, 0.29) is 36.4 Å². The van der Waals surface area contributed by atoms with E-state index in [9.17, 15) is 19.5 Å². The molecule has 2 N–H and O–H groups in total. The Morgan fingerprint density at radius 3 is 2.57 bits per heavy atom. The third-order valence-electron chi connectivity index (χ3n) is 5.77. The van der Waals surface area contributed by atoms with Gasteiger partial charge in [-0.3, -0.25) is 9.59 Å². The highest BCUT2D eigenvalue weighted by molar-refractivity contribution is 5.98. The topological polar surface area (TPSA) is 95.9 Å². The summed E-state index contributed by atoms with van der Waals surface area (Å²) in [5.74, 6) is -0.978. The molecule has 152 valence electrons. The molecule has 1 saturated heterocycles. The van der Waals surface area contributed by atoms with E-state index in [0.29, 0.717) is 23.7 Å². The molecule has 1 atom stereocenters. The zero-order chi connectivity index (χ0) is 20.3. The maximum atomic E-state index is 12.7. The fourth-order valence-electron chi connectivity index (χ4n) is 4.20. The Hall–Kier alpha value is -2.41. The van der Waals surface area contributed by atoms with Crippen molar-refractivity contribution in [1.82, 2.24) is 4.90 Å². The molecule has 2 aliphatic rings. The maximum Gasteiger partial charge on any atom is 0.335 e. The minimum absolute atomic E-state index is 0.0408. The average molecular weight is 388 g/mol. The Bertz CT molecular complexity index is 755. The maximum absolute atomic E-state index is 12.7. The lowest BCUT2D eigenvalue weighted by atomic mass is 9.87. The van der Waals surface area contributed by atoms with Crippen molar-refractivity contribution in [2.75, 3.05) is 19.0 Å². The summed E-state index contributed by atoms with van der Waals surface area (Å²) >= 11 is 0. The number of aromatic carboxylic acids is 1. The van der Waals surface area contributed by atoms with Crippen molar-refractivity contribution in [2.45, 2.75) is 51.7 Å². The molecule has 1 saturated carbocycles. The summed E-state index contributed by atoms with van der Waals surface area (Å²) in [7, 11) is 1.52. The molecule has 1 heterocycles. The second-order valence-electron chi connectivity index (χ2n) is 8.01. The van der Waals surface area contributed by atoms with Gasteiger partial charge < -0.3 is 20.1 Å². The molecule has 0 aromatic heterocycles. The fourth-order valence-corrected chi connectivity index (χ4v) is 4.20. The van der Waals surface area contributed by atoms with Crippen LogP contribution in [0.2, 0.25) is 0 Å². The van der Waals surface area contributed by atoms with Crippen molar-refractivity contribution in [3.8, 4) is 0 Å². The summed E-state index contributed by atoms with van der Waals surface area (Å²) < 4.78 is 5.07. The Balaban J connectivity index is 1.66. The zero-order valence-electron chi connectivity index (χ0n) is 16.4. The Morgan fingerprint density at radius 2 is 1.93 bits per heavy atom. The number of anilines is 1. The van der Waals surface area contributed by atoms with Crippen molar-refractivity contribution in [1.29, 1.82) is 0 Å². The van der Waals surface area contributed by atoms with Crippen LogP contribution in [0.3, 0.4) is 0 Å². The summed E-state index contributed by atoms with van der Waals surface area (Å²) in [6, 6.07) is 4.89. The van der Waals surface area contributed by atoms with Gasteiger partial charge in [0.2, 0.25) is 11.8 Å². The van der Waals surface area contributed by atoms with Gasteiger partial charge in [-0.05, 0) is 55.4 Å². The summed E-state index contributed by atoms with van der Waals surface area (Å²) in [4.78, 5) is 38.4. The van der Waals surface area contributed by atoms with Crippen LogP contribution in [-0.4, -0.2) is 47.5 Å². The highest BCUT2D eigenvalue weighted by Gasteiger charge is 2.38. The molecular formula is C21H28N2O5. The summed E-state index contributed by atoms with van der Waals surface area (Å²) in [6.45, 7) is 2.93. The van der Waals surface area contributed by atoms with E-state index in [1.807, 2.05) is 4.90 Å². The van der Waals surface area contributed by atoms with Crippen molar-refractivity contribution >= 4 is 23.5 Å². The minimum atomic E-state index is -1.07. The second-order valence-corrected chi connectivity index (χ2v) is 8.01. The van der Waals surface area contributed by atoms with E-state index in [1.165, 1.54) is 19.2 Å². The van der Waals surface area contributed by atoms with Gasteiger partial charge >= 0.3 is 5.97 Å². The number of carboxylic acid groups (broad SMARTS) is 1. The van der Waals surface area contributed by atoms with Crippen molar-refractivity contribution in [2.24, 2.45) is 11.8 Å². The molecule has 1 aliphatic carbocycles. The number of nitrogens with zero attached hydrogens (tertiary/aromatic N) is 1. The van der Waals surface area contributed by atoms with Crippen LogP contribution < -0.4 is 5.32 Å². The smallest absolute Gasteiger partial charge is 0.335 e. The standard InChI is InChI=1S/C21H28N2O5/c1-13-3-5-18(6-4-13)23-11-16(10-19(23)24)20(25)22-17-8-14(12-28-2)7-15(9-17)21(26)27/h7-9,13,16,18H,3-6,10-12H2,1-2H3,(H,22,25)(H,26,27). The van der Waals surface area contributed by atoms with Crippen LogP contribution in [0.4, 0.5) is 5.69 Å². The van der Waals surface area contributed by atoms with Crippen LogP contribution in [0.25, 0.3) is 0 Å². The fraction of sp³-hybridized carbons (Fsp3) is 0.571. The molecule has 1 aromatic carbocycles. The molecule has 3 rings (SSSR count). The van der Waals surface area contributed by atoms with Gasteiger partial charge in [-0.15, -0.1) is 0 Å². The quantitative estimate of drug-likeness (QED) is 0.781. The molecular weight excluding hydrogens is 360 g/mol. The Morgan fingerprint density at radius 1 is 1.21 bits per heavy atom. The Kier molecular flexibility index (Phi) is 6.34. The summed E-state index contributed by atoms with van der Waals surface area (Å²) in [6.07, 6.45) is 4.46. The van der Waals surface area contributed by atoms with Crippen LogP contribution in [0.1, 0.15) is 54.9 Å². The first-order valence-corrected chi connectivity index (χ1v) is 9.84. The lowest BCUT2D eigenvalue weighted by Crippen LogP contribution is -2.39. The second kappa shape index (κ2) is 8.73. The van der Waals surface area contributed by atoms with E-state index < -0.39 is 11.9 Å². The number of carboxylic acids is 1. The number of ether oxygens (including phenoxy) is 1. The van der Waals surface area contributed by atoms with Gasteiger partial charge in [-0.2, -0.15) is 0 Å². The third-order valence-corrected chi connectivity index (χ3v) is 5.77. The van der Waals surface area contributed by atoms with Crippen molar-refractivity contribution in [3.05, 3.63) is 29.3 Å². The third kappa shape index (κ3) is 4.70. The number of rotatable bonds is 6. The zero-order valence-corrected chi connectivity index (χ0v) is 16.4. The molecule has 0 radical (unpaired) electrons. The molecule has 2 amide bonds. The molecule has 7 heteroatoms. The van der Waals surface area contributed by atoms with Gasteiger partial charge in [0.25, 0.3) is 0 Å². The number of likely N-dealkylation sites (tertiary alicyclic amines) is 1. The number of benzene rings is 1. The van der Waals surface area contributed by atoms with Gasteiger partial charge in [0.1, 0.15) is 0 Å². The number of hydrogen-bond acceptors (Lipinski definition) is 4. The normalized spacial score (nSPS) is 25.0. The van der Waals surface area contributed by atoms with Gasteiger partial charge in [-0.1, -0.05) is 6.92 Å². The summed E-state index contributed by atoms with van der Waals surface area (Å²) in [5.41, 5.74) is 1.16. The van der Waals surface area contributed by atoms with Crippen molar-refractivity contribution < 1.29 is 24.2 Å². The molecule has 28 heavy (non-hydrogen) atoms. The minimum Gasteiger partial charge on any atom is -0.478 e. The van der Waals surface area contributed by atoms with Crippen molar-refractivity contribution in [3.63, 3.8) is 0 Å². The van der Waals surface area contributed by atoms with E-state index in [2.05, 4.69) is 12.2 Å². The van der Waals surface area contributed by atoms with E-state index in [4.69, 9.17) is 4.74 Å². The van der Waals surface area contributed by atoms with Crippen LogP contribution in [-0.2, 0) is 20.9 Å². The first-order valence-electron chi connectivity index (χ1n) is 9.84. The lowest BCUT2D eigenvalue weighted by Gasteiger charge is -2.33. The van der Waals surface area contributed by atoms with Gasteiger partial charge in [0, 0.05) is 31.8 Å². The predicted octanol–water partition coefficient (Wildman–Crippen LogP) is 2.90. The SMILES string of the molecule is COCc1cc(NC(=O)C2CC(=O)N(C3CCC(C)CC3)C2)cc(C(=O)O)c1.